The molecule has 0 aliphatic carbocycles. The molecule has 0 aromatic heterocycles. The topological polar surface area (TPSA) is 120 Å². The third-order valence-corrected chi connectivity index (χ3v) is 5.99. The van der Waals surface area contributed by atoms with E-state index in [0.717, 1.165) is 16.9 Å². The highest BCUT2D eigenvalue weighted by molar-refractivity contribution is 5.94. The molecule has 0 saturated carbocycles. The summed E-state index contributed by atoms with van der Waals surface area (Å²) in [5.74, 6) is 0.00815. The van der Waals surface area contributed by atoms with E-state index in [1.165, 1.54) is 12.1 Å². The van der Waals surface area contributed by atoms with Gasteiger partial charge < -0.3 is 24.8 Å². The fourth-order valence-electron chi connectivity index (χ4n) is 3.88. The summed E-state index contributed by atoms with van der Waals surface area (Å²) < 4.78 is 16.0. The lowest BCUT2D eigenvalue weighted by Crippen LogP contribution is -2.21. The zero-order chi connectivity index (χ0) is 29.8. The second-order valence-corrected chi connectivity index (χ2v) is 9.73. The molecule has 0 aliphatic rings. The molecule has 2 amide bonds. The largest absolute Gasteiger partial charge is 0.462 e. The highest BCUT2D eigenvalue weighted by atomic mass is 16.5. The minimum Gasteiger partial charge on any atom is -0.462 e. The molecule has 3 rings (SSSR count). The molecule has 0 spiro atoms. The maximum atomic E-state index is 12.3. The number of nitrogens with one attached hydrogen (secondary N) is 2. The van der Waals surface area contributed by atoms with Gasteiger partial charge in [-0.05, 0) is 91.9 Å². The third-order valence-electron chi connectivity index (χ3n) is 5.99. The maximum Gasteiger partial charge on any atom is 0.338 e. The van der Waals surface area contributed by atoms with Crippen LogP contribution in [0, 0.1) is 6.92 Å². The highest BCUT2D eigenvalue weighted by Crippen LogP contribution is 2.32. The molecule has 0 fully saturated rings. The van der Waals surface area contributed by atoms with E-state index in [2.05, 4.69) is 36.6 Å². The average Bonchev–Trinajstić information content (AvgIpc) is 2.93. The fraction of sp³-hybridized carbons (Fsp3) is 0.312. The molecule has 0 bridgehead atoms. The van der Waals surface area contributed by atoms with Crippen LogP contribution in [0.5, 0.6) is 11.5 Å². The maximum absolute atomic E-state index is 12.3. The molecule has 0 unspecified atom stereocenters. The molecule has 9 nitrogen and oxygen atoms in total. The Morgan fingerprint density at radius 3 is 2.05 bits per heavy atom. The Balaban J connectivity index is 1.36. The van der Waals surface area contributed by atoms with E-state index in [4.69, 9.17) is 14.2 Å². The van der Waals surface area contributed by atoms with E-state index in [1.807, 2.05) is 13.0 Å². The Labute approximate surface area is 240 Å². The van der Waals surface area contributed by atoms with Gasteiger partial charge in [0, 0.05) is 24.2 Å². The summed E-state index contributed by atoms with van der Waals surface area (Å²) in [7, 11) is 0. The summed E-state index contributed by atoms with van der Waals surface area (Å²) in [5, 5.41) is 5.38. The number of ether oxygens (including phenoxy) is 3. The molecular formula is C32H36N2O7. The Morgan fingerprint density at radius 2 is 1.41 bits per heavy atom. The van der Waals surface area contributed by atoms with Crippen molar-refractivity contribution in [2.24, 2.45) is 0 Å². The van der Waals surface area contributed by atoms with Crippen molar-refractivity contribution in [3.8, 4) is 11.5 Å². The highest BCUT2D eigenvalue weighted by Gasteiger charge is 2.12. The van der Waals surface area contributed by atoms with Crippen molar-refractivity contribution >= 4 is 35.1 Å². The average molecular weight is 561 g/mol. The van der Waals surface area contributed by atoms with E-state index in [-0.39, 0.29) is 31.8 Å². The second-order valence-electron chi connectivity index (χ2n) is 9.73. The molecule has 9 heteroatoms. The SMILES string of the molecule is CCOC(=O)c1ccc(NC(=O)COC(=O)CCCC(=O)Nc2ccc(Oc3cc(C)ccc3C(C)C)cc2)cc1. The summed E-state index contributed by atoms with van der Waals surface area (Å²) in [5.41, 5.74) is 3.66. The number of anilines is 2. The van der Waals surface area contributed by atoms with Crippen molar-refractivity contribution in [2.75, 3.05) is 23.8 Å². The van der Waals surface area contributed by atoms with Crippen LogP contribution >= 0.6 is 0 Å². The van der Waals surface area contributed by atoms with E-state index < -0.39 is 24.5 Å². The number of hydrogen-bond donors (Lipinski definition) is 2. The van der Waals surface area contributed by atoms with Crippen LogP contribution in [-0.2, 0) is 23.9 Å². The summed E-state index contributed by atoms with van der Waals surface area (Å²) in [4.78, 5) is 48.0. The van der Waals surface area contributed by atoms with Crippen molar-refractivity contribution in [3.63, 3.8) is 0 Å². The van der Waals surface area contributed by atoms with Crippen LogP contribution in [0.15, 0.2) is 66.7 Å². The number of benzene rings is 3. The first-order valence-electron chi connectivity index (χ1n) is 13.6. The summed E-state index contributed by atoms with van der Waals surface area (Å²) in [6.07, 6.45) is 0.387. The van der Waals surface area contributed by atoms with Crippen LogP contribution in [0.2, 0.25) is 0 Å². The van der Waals surface area contributed by atoms with Crippen molar-refractivity contribution in [1.29, 1.82) is 0 Å². The Morgan fingerprint density at radius 1 is 0.780 bits per heavy atom. The number of amides is 2. The molecule has 0 aliphatic heterocycles. The number of hydrogen-bond acceptors (Lipinski definition) is 7. The lowest BCUT2D eigenvalue weighted by atomic mass is 10.0. The van der Waals surface area contributed by atoms with Gasteiger partial charge >= 0.3 is 11.9 Å². The minimum absolute atomic E-state index is 0.00358. The lowest BCUT2D eigenvalue weighted by Gasteiger charge is -2.15. The molecule has 0 saturated heterocycles. The first kappa shape index (κ1) is 30.9. The van der Waals surface area contributed by atoms with Gasteiger partial charge in [0.1, 0.15) is 11.5 Å². The first-order chi connectivity index (χ1) is 19.6. The summed E-state index contributed by atoms with van der Waals surface area (Å²) in [6, 6.07) is 19.4. The van der Waals surface area contributed by atoms with Gasteiger partial charge in [-0.1, -0.05) is 26.0 Å². The second kappa shape index (κ2) is 15.2. The van der Waals surface area contributed by atoms with Gasteiger partial charge in [-0.25, -0.2) is 4.79 Å². The zero-order valence-corrected chi connectivity index (χ0v) is 23.8. The number of esters is 2. The summed E-state index contributed by atoms with van der Waals surface area (Å²) in [6.45, 7) is 7.78. The Bertz CT molecular complexity index is 1350. The van der Waals surface area contributed by atoms with E-state index in [9.17, 15) is 19.2 Å². The van der Waals surface area contributed by atoms with E-state index >= 15 is 0 Å². The van der Waals surface area contributed by atoms with Crippen LogP contribution < -0.4 is 15.4 Å². The predicted octanol–water partition coefficient (Wildman–Crippen LogP) is 6.38. The van der Waals surface area contributed by atoms with Gasteiger partial charge in [-0.3, -0.25) is 14.4 Å². The van der Waals surface area contributed by atoms with Crippen LogP contribution in [0.25, 0.3) is 0 Å². The number of rotatable bonds is 13. The lowest BCUT2D eigenvalue weighted by molar-refractivity contribution is -0.147. The number of aryl methyl sites for hydroxylation is 1. The van der Waals surface area contributed by atoms with Gasteiger partial charge in [0.25, 0.3) is 5.91 Å². The van der Waals surface area contributed by atoms with Crippen molar-refractivity contribution in [2.45, 2.75) is 52.9 Å². The van der Waals surface area contributed by atoms with Crippen molar-refractivity contribution in [3.05, 3.63) is 83.4 Å². The zero-order valence-electron chi connectivity index (χ0n) is 23.8. The minimum atomic E-state index is -0.580. The third kappa shape index (κ3) is 10.1. The molecule has 0 radical (unpaired) electrons. The molecule has 216 valence electrons. The molecule has 0 heterocycles. The Kier molecular flexibility index (Phi) is 11.5. The standard InChI is InChI=1S/C32H36N2O7/c1-5-39-32(38)23-10-12-24(13-11-23)34-30(36)20-40-31(37)8-6-7-29(35)33-25-14-16-26(17-15-25)41-28-19-22(4)9-18-27(28)21(2)3/h9-19,21H,5-8,20H2,1-4H3,(H,33,35)(H,34,36). The monoisotopic (exact) mass is 560 g/mol. The normalized spacial score (nSPS) is 10.6. The molecule has 3 aromatic rings. The summed E-state index contributed by atoms with van der Waals surface area (Å²) >= 11 is 0. The van der Waals surface area contributed by atoms with Crippen LogP contribution in [0.3, 0.4) is 0 Å². The fourth-order valence-corrected chi connectivity index (χ4v) is 3.88. The Hall–Kier alpha value is -4.66. The number of carbonyl (C=O) groups excluding carboxylic acids is 4. The smallest absolute Gasteiger partial charge is 0.338 e. The van der Waals surface area contributed by atoms with Crippen molar-refractivity contribution < 1.29 is 33.4 Å². The molecule has 2 N–H and O–H groups in total. The molecule has 3 aromatic carbocycles. The van der Waals surface area contributed by atoms with Gasteiger partial charge in [-0.2, -0.15) is 0 Å². The van der Waals surface area contributed by atoms with Crippen LogP contribution in [0.1, 0.15) is 67.4 Å². The van der Waals surface area contributed by atoms with Crippen LogP contribution in [0.4, 0.5) is 11.4 Å². The van der Waals surface area contributed by atoms with Gasteiger partial charge in [0.2, 0.25) is 5.91 Å². The predicted molar refractivity (Wildman–Crippen MR) is 156 cm³/mol. The quantitative estimate of drug-likeness (QED) is 0.233. The first-order valence-corrected chi connectivity index (χ1v) is 13.6. The van der Waals surface area contributed by atoms with Gasteiger partial charge in [0.15, 0.2) is 6.61 Å². The number of carbonyl (C=O) groups is 4. The molecule has 0 atom stereocenters. The van der Waals surface area contributed by atoms with E-state index in [1.54, 1.807) is 43.3 Å². The van der Waals surface area contributed by atoms with E-state index in [0.29, 0.717) is 28.6 Å². The molecule has 41 heavy (non-hydrogen) atoms. The van der Waals surface area contributed by atoms with Crippen LogP contribution in [-0.4, -0.2) is 37.0 Å². The van der Waals surface area contributed by atoms with Gasteiger partial charge in [-0.15, -0.1) is 0 Å². The molecular weight excluding hydrogens is 524 g/mol. The van der Waals surface area contributed by atoms with Crippen molar-refractivity contribution in [1.82, 2.24) is 0 Å². The van der Waals surface area contributed by atoms with Gasteiger partial charge in [0.05, 0.1) is 12.2 Å².